The molecule has 0 bridgehead atoms. The predicted octanol–water partition coefficient (Wildman–Crippen LogP) is 3.92. The smallest absolute Gasteiger partial charge is 0.294 e. The lowest BCUT2D eigenvalue weighted by Gasteiger charge is -2.12. The molecule has 1 heterocycles. The number of hydrogen-bond acceptors (Lipinski definition) is 6. The minimum Gasteiger partial charge on any atom is -0.324 e. The lowest BCUT2D eigenvalue weighted by atomic mass is 10.1. The van der Waals surface area contributed by atoms with E-state index in [0.29, 0.717) is 22.5 Å². The van der Waals surface area contributed by atoms with Crippen LogP contribution in [0, 0.1) is 10.1 Å². The van der Waals surface area contributed by atoms with Crippen molar-refractivity contribution in [1.29, 1.82) is 0 Å². The number of nitrogens with one attached hydrogen (secondary N) is 1. The molecule has 1 aliphatic heterocycles. The van der Waals surface area contributed by atoms with Gasteiger partial charge in [-0.25, -0.2) is 0 Å². The largest absolute Gasteiger partial charge is 0.324 e. The van der Waals surface area contributed by atoms with Crippen molar-refractivity contribution in [2.75, 3.05) is 11.9 Å². The van der Waals surface area contributed by atoms with Crippen molar-refractivity contribution in [3.05, 3.63) is 74.1 Å². The summed E-state index contributed by atoms with van der Waals surface area (Å²) in [5.41, 5.74) is 0.439. The second-order valence-corrected chi connectivity index (χ2v) is 7.07. The molecule has 28 heavy (non-hydrogen) atoms. The number of carbonyl (C=O) groups is 3. The summed E-state index contributed by atoms with van der Waals surface area (Å²) in [5, 5.41) is 13.4. The maximum atomic E-state index is 12.5. The normalized spacial score (nSPS) is 15.2. The monoisotopic (exact) mass is 417 g/mol. The topological polar surface area (TPSA) is 110 Å². The first-order valence-electron chi connectivity index (χ1n) is 7.89. The molecule has 142 valence electrons. The second kappa shape index (κ2) is 8.24. The summed E-state index contributed by atoms with van der Waals surface area (Å²) >= 11 is 6.47. The molecule has 0 aliphatic carbocycles. The Morgan fingerprint density at radius 3 is 2.68 bits per heavy atom. The summed E-state index contributed by atoms with van der Waals surface area (Å²) < 4.78 is 0. The van der Waals surface area contributed by atoms with Gasteiger partial charge in [-0.05, 0) is 42.1 Å². The van der Waals surface area contributed by atoms with Gasteiger partial charge >= 0.3 is 0 Å². The van der Waals surface area contributed by atoms with Crippen molar-refractivity contribution in [3.8, 4) is 0 Å². The molecule has 10 heteroatoms. The van der Waals surface area contributed by atoms with Gasteiger partial charge in [0.2, 0.25) is 5.91 Å². The number of benzene rings is 2. The molecule has 3 amide bonds. The van der Waals surface area contributed by atoms with Crippen molar-refractivity contribution < 1.29 is 19.3 Å². The molecule has 3 rings (SSSR count). The molecule has 2 aromatic carbocycles. The molecule has 0 atom stereocenters. The van der Waals surface area contributed by atoms with Crippen molar-refractivity contribution in [1.82, 2.24) is 4.90 Å². The Morgan fingerprint density at radius 2 is 1.96 bits per heavy atom. The maximum Gasteiger partial charge on any atom is 0.294 e. The van der Waals surface area contributed by atoms with E-state index in [4.69, 9.17) is 11.6 Å². The van der Waals surface area contributed by atoms with Crippen LogP contribution in [-0.2, 0) is 9.59 Å². The van der Waals surface area contributed by atoms with Gasteiger partial charge in [0.05, 0.1) is 15.4 Å². The third kappa shape index (κ3) is 4.38. The molecule has 0 saturated carbocycles. The van der Waals surface area contributed by atoms with E-state index in [1.54, 1.807) is 24.3 Å². The summed E-state index contributed by atoms with van der Waals surface area (Å²) in [4.78, 5) is 48.1. The van der Waals surface area contributed by atoms with Gasteiger partial charge in [-0.15, -0.1) is 0 Å². The van der Waals surface area contributed by atoms with Crippen LogP contribution in [-0.4, -0.2) is 33.4 Å². The van der Waals surface area contributed by atoms with E-state index in [-0.39, 0.29) is 16.2 Å². The molecular formula is C18H12ClN3O5S. The van der Waals surface area contributed by atoms with Crippen LogP contribution in [0.25, 0.3) is 6.08 Å². The number of imide groups is 1. The fourth-order valence-corrected chi connectivity index (χ4v) is 3.48. The van der Waals surface area contributed by atoms with E-state index in [2.05, 4.69) is 5.32 Å². The number of amides is 3. The summed E-state index contributed by atoms with van der Waals surface area (Å²) in [6.45, 7) is -0.481. The Balaban J connectivity index is 1.75. The molecule has 1 N–H and O–H groups in total. The van der Waals surface area contributed by atoms with E-state index in [9.17, 15) is 24.5 Å². The minimum atomic E-state index is -0.686. The Labute approximate surface area is 168 Å². The van der Waals surface area contributed by atoms with Crippen molar-refractivity contribution in [2.24, 2.45) is 0 Å². The highest BCUT2D eigenvalue weighted by Gasteiger charge is 2.36. The van der Waals surface area contributed by atoms with Crippen LogP contribution in [0.1, 0.15) is 5.56 Å². The third-order valence-corrected chi connectivity index (χ3v) is 4.85. The number of nitro benzene ring substituents is 1. The summed E-state index contributed by atoms with van der Waals surface area (Å²) in [7, 11) is 0. The average molecular weight is 418 g/mol. The molecule has 2 aromatic rings. The van der Waals surface area contributed by atoms with Gasteiger partial charge in [0, 0.05) is 16.8 Å². The Morgan fingerprint density at radius 1 is 1.21 bits per heavy atom. The van der Waals surface area contributed by atoms with E-state index < -0.39 is 28.5 Å². The summed E-state index contributed by atoms with van der Waals surface area (Å²) in [6, 6.07) is 12.3. The van der Waals surface area contributed by atoms with Crippen LogP contribution in [0.3, 0.4) is 0 Å². The standard InChI is InChI=1S/C18H12ClN3O5S/c19-12-5-3-6-13(9-12)20-16(23)10-21-17(24)15(28-18(21)25)8-11-4-1-2-7-14(11)22(26)27/h1-9H,10H2,(H,20,23)/b15-8+. The van der Waals surface area contributed by atoms with Crippen LogP contribution < -0.4 is 5.32 Å². The van der Waals surface area contributed by atoms with Crippen LogP contribution in [0.15, 0.2) is 53.4 Å². The highest BCUT2D eigenvalue weighted by atomic mass is 35.5. The van der Waals surface area contributed by atoms with Gasteiger partial charge in [-0.1, -0.05) is 29.8 Å². The van der Waals surface area contributed by atoms with Gasteiger partial charge in [0.1, 0.15) is 6.54 Å². The maximum absolute atomic E-state index is 12.5. The molecule has 0 unspecified atom stereocenters. The number of hydrogen-bond donors (Lipinski definition) is 1. The lowest BCUT2D eigenvalue weighted by Crippen LogP contribution is -2.36. The quantitative estimate of drug-likeness (QED) is 0.448. The van der Waals surface area contributed by atoms with E-state index >= 15 is 0 Å². The van der Waals surface area contributed by atoms with Crippen LogP contribution in [0.5, 0.6) is 0 Å². The highest BCUT2D eigenvalue weighted by molar-refractivity contribution is 8.18. The fourth-order valence-electron chi connectivity index (χ4n) is 2.46. The molecule has 1 aliphatic rings. The molecule has 1 saturated heterocycles. The van der Waals surface area contributed by atoms with E-state index in [1.165, 1.54) is 30.3 Å². The number of nitrogens with zero attached hydrogens (tertiary/aromatic N) is 2. The van der Waals surface area contributed by atoms with Crippen molar-refractivity contribution in [2.45, 2.75) is 0 Å². The van der Waals surface area contributed by atoms with Crippen LogP contribution >= 0.6 is 23.4 Å². The zero-order chi connectivity index (χ0) is 20.3. The average Bonchev–Trinajstić information content (AvgIpc) is 2.89. The molecule has 0 spiro atoms. The number of carbonyl (C=O) groups excluding carboxylic acids is 3. The van der Waals surface area contributed by atoms with Crippen LogP contribution in [0.4, 0.5) is 16.2 Å². The molecule has 0 radical (unpaired) electrons. The van der Waals surface area contributed by atoms with Gasteiger partial charge in [-0.2, -0.15) is 0 Å². The molecule has 1 fully saturated rings. The van der Waals surface area contributed by atoms with Crippen molar-refractivity contribution in [3.63, 3.8) is 0 Å². The van der Waals surface area contributed by atoms with E-state index in [1.807, 2.05) is 0 Å². The molecule has 0 aromatic heterocycles. The van der Waals surface area contributed by atoms with Gasteiger partial charge in [0.25, 0.3) is 16.8 Å². The molecular weight excluding hydrogens is 406 g/mol. The number of anilines is 1. The highest BCUT2D eigenvalue weighted by Crippen LogP contribution is 2.33. The third-order valence-electron chi connectivity index (χ3n) is 3.70. The van der Waals surface area contributed by atoms with Gasteiger partial charge in [0.15, 0.2) is 0 Å². The Hall–Kier alpha value is -3.17. The minimum absolute atomic E-state index is 0.00913. The summed E-state index contributed by atoms with van der Waals surface area (Å²) in [5.74, 6) is -1.26. The zero-order valence-electron chi connectivity index (χ0n) is 14.1. The Kier molecular flexibility index (Phi) is 5.76. The summed E-state index contributed by atoms with van der Waals surface area (Å²) in [6.07, 6.45) is 1.28. The van der Waals surface area contributed by atoms with Crippen molar-refractivity contribution >= 4 is 57.9 Å². The fraction of sp³-hybridized carbons (Fsp3) is 0.0556. The molecule has 8 nitrogen and oxygen atoms in total. The number of rotatable bonds is 5. The Bertz CT molecular complexity index is 1020. The number of nitro groups is 1. The van der Waals surface area contributed by atoms with E-state index in [0.717, 1.165) is 4.90 Å². The van der Waals surface area contributed by atoms with Gasteiger partial charge < -0.3 is 5.32 Å². The number of thioether (sulfide) groups is 1. The number of para-hydroxylation sites is 1. The first-order chi connectivity index (χ1) is 13.3. The predicted molar refractivity (Wildman–Crippen MR) is 106 cm³/mol. The zero-order valence-corrected chi connectivity index (χ0v) is 15.7. The lowest BCUT2D eigenvalue weighted by molar-refractivity contribution is -0.385. The first-order valence-corrected chi connectivity index (χ1v) is 9.09. The SMILES string of the molecule is O=C(CN1C(=O)S/C(=C/c2ccccc2[N+](=O)[O-])C1=O)Nc1cccc(Cl)c1. The second-order valence-electron chi connectivity index (χ2n) is 5.64. The number of halogens is 1. The first kappa shape index (κ1) is 19.6. The van der Waals surface area contributed by atoms with Crippen LogP contribution in [0.2, 0.25) is 5.02 Å². The van der Waals surface area contributed by atoms with Gasteiger partial charge in [-0.3, -0.25) is 29.4 Å².